The van der Waals surface area contributed by atoms with E-state index in [0.717, 1.165) is 16.8 Å². The third kappa shape index (κ3) is 4.63. The van der Waals surface area contributed by atoms with Crippen molar-refractivity contribution in [2.24, 2.45) is 0 Å². The molecule has 0 bridgehead atoms. The zero-order valence-electron chi connectivity index (χ0n) is 11.3. The van der Waals surface area contributed by atoms with Crippen LogP contribution in [0.2, 0.25) is 5.15 Å². The molecule has 1 N–H and O–H groups in total. The molecule has 5 heteroatoms. The summed E-state index contributed by atoms with van der Waals surface area (Å²) in [5, 5.41) is 3.33. The Labute approximate surface area is 123 Å². The minimum atomic E-state index is 0.0207. The molecule has 2 aromatic heterocycles. The maximum atomic E-state index is 11.8. The summed E-state index contributed by atoms with van der Waals surface area (Å²) in [4.78, 5) is 19.8. The molecular weight excluding hydrogens is 274 g/mol. The Bertz CT molecular complexity index is 567. The summed E-state index contributed by atoms with van der Waals surface area (Å²) in [5.74, 6) is 0.0207. The Morgan fingerprint density at radius 1 is 1.25 bits per heavy atom. The average molecular weight is 290 g/mol. The van der Waals surface area contributed by atoms with Gasteiger partial charge in [0.1, 0.15) is 5.15 Å². The molecule has 0 aliphatic rings. The molecule has 1 amide bonds. The Morgan fingerprint density at radius 3 is 2.70 bits per heavy atom. The maximum Gasteiger partial charge on any atom is 0.220 e. The predicted octanol–water partition coefficient (Wildman–Crippen LogP) is 2.69. The summed E-state index contributed by atoms with van der Waals surface area (Å²) >= 11 is 5.88. The van der Waals surface area contributed by atoms with Gasteiger partial charge in [0.2, 0.25) is 5.91 Å². The molecule has 2 rings (SSSR count). The van der Waals surface area contributed by atoms with Gasteiger partial charge in [0, 0.05) is 31.1 Å². The quantitative estimate of drug-likeness (QED) is 0.861. The molecular formula is C15H16ClN3O. The van der Waals surface area contributed by atoms with Crippen molar-refractivity contribution in [3.8, 4) is 0 Å². The van der Waals surface area contributed by atoms with E-state index in [9.17, 15) is 4.79 Å². The average Bonchev–Trinajstić information content (AvgIpc) is 2.43. The highest BCUT2D eigenvalue weighted by molar-refractivity contribution is 6.29. The van der Waals surface area contributed by atoms with Crippen molar-refractivity contribution in [1.82, 2.24) is 15.3 Å². The fraction of sp³-hybridized carbons (Fsp3) is 0.267. The second-order valence-electron chi connectivity index (χ2n) is 4.57. The highest BCUT2D eigenvalue weighted by atomic mass is 35.5. The zero-order valence-corrected chi connectivity index (χ0v) is 12.0. The second-order valence-corrected chi connectivity index (χ2v) is 4.96. The van der Waals surface area contributed by atoms with Crippen LogP contribution in [0.15, 0.2) is 36.7 Å². The fourth-order valence-corrected chi connectivity index (χ4v) is 2.17. The van der Waals surface area contributed by atoms with E-state index in [1.165, 1.54) is 0 Å². The van der Waals surface area contributed by atoms with E-state index in [2.05, 4.69) is 15.3 Å². The third-order valence-electron chi connectivity index (χ3n) is 2.86. The Hall–Kier alpha value is -1.94. The molecule has 0 aromatic carbocycles. The van der Waals surface area contributed by atoms with E-state index in [4.69, 9.17) is 11.6 Å². The van der Waals surface area contributed by atoms with Gasteiger partial charge in [-0.25, -0.2) is 4.98 Å². The Balaban J connectivity index is 1.80. The number of rotatable bonds is 5. The van der Waals surface area contributed by atoms with Crippen LogP contribution in [0.3, 0.4) is 0 Å². The summed E-state index contributed by atoms with van der Waals surface area (Å²) in [6.07, 6.45) is 4.64. The first-order valence-electron chi connectivity index (χ1n) is 6.42. The number of pyridine rings is 2. The molecule has 4 nitrogen and oxygen atoms in total. The number of hydrogen-bond donors (Lipinski definition) is 1. The number of aromatic nitrogens is 2. The Kier molecular flexibility index (Phi) is 5.07. The monoisotopic (exact) mass is 289 g/mol. The van der Waals surface area contributed by atoms with Crippen molar-refractivity contribution in [1.29, 1.82) is 0 Å². The van der Waals surface area contributed by atoms with E-state index in [-0.39, 0.29) is 5.91 Å². The lowest BCUT2D eigenvalue weighted by Crippen LogP contribution is -2.23. The standard InChI is InChI=1S/C15H16ClN3O/c1-11-8-13(9-14(16)19-11)10-18-15(20)3-2-12-4-6-17-7-5-12/h4-9H,2-3,10H2,1H3,(H,18,20). The van der Waals surface area contributed by atoms with Crippen LogP contribution in [0.1, 0.15) is 23.2 Å². The summed E-state index contributed by atoms with van der Waals surface area (Å²) in [5.41, 5.74) is 2.91. The molecule has 2 aromatic rings. The van der Waals surface area contributed by atoms with Gasteiger partial charge in [-0.3, -0.25) is 9.78 Å². The van der Waals surface area contributed by atoms with Crippen molar-refractivity contribution in [2.45, 2.75) is 26.3 Å². The van der Waals surface area contributed by atoms with Crippen LogP contribution in [0.4, 0.5) is 0 Å². The lowest BCUT2D eigenvalue weighted by atomic mass is 10.1. The van der Waals surface area contributed by atoms with Crippen molar-refractivity contribution in [2.75, 3.05) is 0 Å². The summed E-state index contributed by atoms with van der Waals surface area (Å²) in [6.45, 7) is 2.35. The highest BCUT2D eigenvalue weighted by Crippen LogP contribution is 2.10. The summed E-state index contributed by atoms with van der Waals surface area (Å²) < 4.78 is 0. The van der Waals surface area contributed by atoms with Gasteiger partial charge in [-0.15, -0.1) is 0 Å². The molecule has 2 heterocycles. The van der Waals surface area contributed by atoms with E-state index in [0.29, 0.717) is 24.5 Å². The molecule has 0 spiro atoms. The van der Waals surface area contributed by atoms with Gasteiger partial charge >= 0.3 is 0 Å². The van der Waals surface area contributed by atoms with Gasteiger partial charge in [-0.05, 0) is 48.7 Å². The van der Waals surface area contributed by atoms with E-state index >= 15 is 0 Å². The topological polar surface area (TPSA) is 54.9 Å². The van der Waals surface area contributed by atoms with E-state index in [1.807, 2.05) is 25.1 Å². The first-order valence-corrected chi connectivity index (χ1v) is 6.80. The van der Waals surface area contributed by atoms with Crippen LogP contribution in [-0.2, 0) is 17.8 Å². The largest absolute Gasteiger partial charge is 0.352 e. The van der Waals surface area contributed by atoms with Gasteiger partial charge < -0.3 is 5.32 Å². The molecule has 0 aliphatic heterocycles. The third-order valence-corrected chi connectivity index (χ3v) is 3.06. The minimum Gasteiger partial charge on any atom is -0.352 e. The SMILES string of the molecule is Cc1cc(CNC(=O)CCc2ccncc2)cc(Cl)n1. The van der Waals surface area contributed by atoms with Crippen LogP contribution in [0.5, 0.6) is 0 Å². The highest BCUT2D eigenvalue weighted by Gasteiger charge is 2.04. The molecule has 0 saturated carbocycles. The van der Waals surface area contributed by atoms with Crippen molar-refractivity contribution in [3.05, 3.63) is 58.6 Å². The smallest absolute Gasteiger partial charge is 0.220 e. The molecule has 0 fully saturated rings. The molecule has 0 aliphatic carbocycles. The summed E-state index contributed by atoms with van der Waals surface area (Å²) in [7, 11) is 0. The molecule has 104 valence electrons. The number of hydrogen-bond acceptors (Lipinski definition) is 3. The molecule has 0 unspecified atom stereocenters. The van der Waals surface area contributed by atoms with E-state index in [1.54, 1.807) is 18.5 Å². The first-order chi connectivity index (χ1) is 9.63. The van der Waals surface area contributed by atoms with Crippen LogP contribution in [0.25, 0.3) is 0 Å². The lowest BCUT2D eigenvalue weighted by molar-refractivity contribution is -0.121. The van der Waals surface area contributed by atoms with Gasteiger partial charge in [0.25, 0.3) is 0 Å². The van der Waals surface area contributed by atoms with Crippen LogP contribution in [0, 0.1) is 6.92 Å². The summed E-state index contributed by atoms with van der Waals surface area (Å²) in [6, 6.07) is 7.51. The number of amides is 1. The van der Waals surface area contributed by atoms with Crippen LogP contribution < -0.4 is 5.32 Å². The molecule has 0 radical (unpaired) electrons. The second kappa shape index (κ2) is 7.01. The fourth-order valence-electron chi connectivity index (χ4n) is 1.89. The lowest BCUT2D eigenvalue weighted by Gasteiger charge is -2.06. The maximum absolute atomic E-state index is 11.8. The molecule has 0 saturated heterocycles. The number of aryl methyl sites for hydroxylation is 2. The predicted molar refractivity (Wildman–Crippen MR) is 78.4 cm³/mol. The number of carbonyl (C=O) groups excluding carboxylic acids is 1. The van der Waals surface area contributed by atoms with Crippen molar-refractivity contribution >= 4 is 17.5 Å². The van der Waals surface area contributed by atoms with Gasteiger partial charge in [0.05, 0.1) is 0 Å². The number of nitrogens with zero attached hydrogens (tertiary/aromatic N) is 2. The molecule has 0 atom stereocenters. The molecule has 20 heavy (non-hydrogen) atoms. The van der Waals surface area contributed by atoms with Crippen LogP contribution >= 0.6 is 11.6 Å². The van der Waals surface area contributed by atoms with E-state index < -0.39 is 0 Å². The minimum absolute atomic E-state index is 0.0207. The first kappa shape index (κ1) is 14.5. The Morgan fingerprint density at radius 2 is 2.00 bits per heavy atom. The van der Waals surface area contributed by atoms with Crippen LogP contribution in [-0.4, -0.2) is 15.9 Å². The van der Waals surface area contributed by atoms with Gasteiger partial charge in [0.15, 0.2) is 0 Å². The van der Waals surface area contributed by atoms with Gasteiger partial charge in [-0.1, -0.05) is 11.6 Å². The van der Waals surface area contributed by atoms with Crippen molar-refractivity contribution < 1.29 is 4.79 Å². The van der Waals surface area contributed by atoms with Crippen molar-refractivity contribution in [3.63, 3.8) is 0 Å². The zero-order chi connectivity index (χ0) is 14.4. The number of carbonyl (C=O) groups is 1. The van der Waals surface area contributed by atoms with Gasteiger partial charge in [-0.2, -0.15) is 0 Å². The number of halogens is 1. The number of nitrogens with one attached hydrogen (secondary N) is 1. The normalized spacial score (nSPS) is 10.3.